The highest BCUT2D eigenvalue weighted by Crippen LogP contribution is 2.13. The zero-order valence-electron chi connectivity index (χ0n) is 14.8. The fourth-order valence-electron chi connectivity index (χ4n) is 2.22. The maximum Gasteiger partial charge on any atom is 0.305 e. The minimum absolute atomic E-state index is 0. The van der Waals surface area contributed by atoms with E-state index < -0.39 is 0 Å². The van der Waals surface area contributed by atoms with Gasteiger partial charge in [0.1, 0.15) is 0 Å². The number of carbonyl (C=O) groups is 1. The maximum atomic E-state index is 11.0. The lowest BCUT2D eigenvalue weighted by Gasteiger charge is -2.15. The van der Waals surface area contributed by atoms with Crippen molar-refractivity contribution in [1.29, 1.82) is 0 Å². The zero-order valence-corrected chi connectivity index (χ0v) is 18.0. The van der Waals surface area contributed by atoms with E-state index in [0.29, 0.717) is 12.3 Å². The number of esters is 1. The van der Waals surface area contributed by atoms with Crippen LogP contribution in [0.5, 0.6) is 0 Å². The Hall–Kier alpha value is -0.830. The van der Waals surface area contributed by atoms with Crippen LogP contribution in [0.2, 0.25) is 0 Å². The topological polar surface area (TPSA) is 62.7 Å². The number of thiophene rings is 1. The first-order chi connectivity index (χ1) is 11.2. The Morgan fingerprint density at radius 3 is 2.75 bits per heavy atom. The van der Waals surface area contributed by atoms with Crippen molar-refractivity contribution in [3.63, 3.8) is 0 Å². The molecular formula is C17H30IN3O2S. The molecule has 0 amide bonds. The number of halogens is 1. The van der Waals surface area contributed by atoms with Gasteiger partial charge in [-0.15, -0.1) is 35.3 Å². The molecule has 1 atom stereocenters. The number of ether oxygens (including phenoxy) is 1. The molecule has 0 saturated heterocycles. The molecule has 138 valence electrons. The number of rotatable bonds is 10. The lowest BCUT2D eigenvalue weighted by Crippen LogP contribution is -2.40. The summed E-state index contributed by atoms with van der Waals surface area (Å²) in [5.41, 5.74) is 0. The largest absolute Gasteiger partial charge is 0.469 e. The van der Waals surface area contributed by atoms with E-state index in [4.69, 9.17) is 0 Å². The van der Waals surface area contributed by atoms with Crippen LogP contribution in [-0.2, 0) is 16.0 Å². The summed E-state index contributed by atoms with van der Waals surface area (Å²) in [6.45, 7) is 4.01. The van der Waals surface area contributed by atoms with Crippen LogP contribution in [0.3, 0.4) is 0 Å². The average Bonchev–Trinajstić information content (AvgIpc) is 3.05. The highest BCUT2D eigenvalue weighted by molar-refractivity contribution is 14.0. The van der Waals surface area contributed by atoms with Crippen molar-refractivity contribution in [2.45, 2.75) is 39.0 Å². The third kappa shape index (κ3) is 10.9. The second-order valence-corrected chi connectivity index (χ2v) is 6.69. The van der Waals surface area contributed by atoms with E-state index in [2.05, 4.69) is 44.8 Å². The molecule has 0 radical (unpaired) electrons. The number of hydrogen-bond acceptors (Lipinski definition) is 4. The minimum atomic E-state index is -0.129. The van der Waals surface area contributed by atoms with Crippen LogP contribution in [0.25, 0.3) is 0 Å². The molecule has 2 N–H and O–H groups in total. The number of nitrogens with zero attached hydrogens (tertiary/aromatic N) is 1. The maximum absolute atomic E-state index is 11.0. The van der Waals surface area contributed by atoms with Gasteiger partial charge in [-0.2, -0.15) is 0 Å². The van der Waals surface area contributed by atoms with Crippen molar-refractivity contribution < 1.29 is 9.53 Å². The monoisotopic (exact) mass is 467 g/mol. The number of carbonyl (C=O) groups excluding carboxylic acids is 1. The van der Waals surface area contributed by atoms with Crippen LogP contribution in [0.1, 0.15) is 37.5 Å². The molecule has 1 rings (SSSR count). The minimum Gasteiger partial charge on any atom is -0.469 e. The molecule has 1 unspecified atom stereocenters. The summed E-state index contributed by atoms with van der Waals surface area (Å²) in [5, 5.41) is 8.80. The molecule has 0 saturated carbocycles. The first-order valence-corrected chi connectivity index (χ1v) is 9.07. The van der Waals surface area contributed by atoms with Gasteiger partial charge >= 0.3 is 5.97 Å². The van der Waals surface area contributed by atoms with E-state index >= 15 is 0 Å². The van der Waals surface area contributed by atoms with Gasteiger partial charge in [0.25, 0.3) is 0 Å². The van der Waals surface area contributed by atoms with Gasteiger partial charge in [0.15, 0.2) is 5.96 Å². The molecule has 1 aromatic heterocycles. The predicted octanol–water partition coefficient (Wildman–Crippen LogP) is 3.44. The average molecular weight is 467 g/mol. The van der Waals surface area contributed by atoms with Crippen LogP contribution in [0.4, 0.5) is 0 Å². The van der Waals surface area contributed by atoms with Crippen LogP contribution in [0, 0.1) is 5.92 Å². The van der Waals surface area contributed by atoms with Gasteiger partial charge in [-0.25, -0.2) is 0 Å². The highest BCUT2D eigenvalue weighted by atomic mass is 127. The van der Waals surface area contributed by atoms with Gasteiger partial charge in [-0.1, -0.05) is 19.4 Å². The molecular weight excluding hydrogens is 437 g/mol. The highest BCUT2D eigenvalue weighted by Gasteiger charge is 2.06. The first kappa shape index (κ1) is 23.2. The summed E-state index contributed by atoms with van der Waals surface area (Å²) in [5.74, 6) is 1.28. The number of aliphatic imine (C=N–C) groups is 1. The van der Waals surface area contributed by atoms with Crippen LogP contribution in [0.15, 0.2) is 22.5 Å². The normalized spacial score (nSPS) is 12.2. The standard InChI is InChI=1S/C17H29N3O2S.HI/c1-14(12-15-8-7-11-23-15)13-20-17(18-2)19-10-6-4-5-9-16(21)22-3;/h7-8,11,14H,4-6,9-10,12-13H2,1-3H3,(H2,18,19,20);1H. The Balaban J connectivity index is 0.00000529. The van der Waals surface area contributed by atoms with Crippen molar-refractivity contribution in [3.05, 3.63) is 22.4 Å². The van der Waals surface area contributed by atoms with Crippen LogP contribution < -0.4 is 10.6 Å². The molecule has 0 aliphatic carbocycles. The number of hydrogen-bond donors (Lipinski definition) is 2. The zero-order chi connectivity index (χ0) is 16.9. The summed E-state index contributed by atoms with van der Waals surface area (Å²) < 4.78 is 4.62. The SMILES string of the molecule is CN=C(NCCCCCC(=O)OC)NCC(C)Cc1cccs1.I. The summed E-state index contributed by atoms with van der Waals surface area (Å²) in [6.07, 6.45) is 4.49. The van der Waals surface area contributed by atoms with Crippen LogP contribution in [-0.4, -0.2) is 39.2 Å². The number of unbranched alkanes of at least 4 members (excludes halogenated alkanes) is 2. The molecule has 1 aromatic rings. The third-order valence-electron chi connectivity index (χ3n) is 3.55. The number of guanidine groups is 1. The Morgan fingerprint density at radius 1 is 1.33 bits per heavy atom. The molecule has 0 aliphatic rings. The molecule has 0 bridgehead atoms. The van der Waals surface area contributed by atoms with E-state index in [1.54, 1.807) is 7.05 Å². The summed E-state index contributed by atoms with van der Waals surface area (Å²) in [6, 6.07) is 4.28. The molecule has 5 nitrogen and oxygen atoms in total. The third-order valence-corrected chi connectivity index (χ3v) is 4.45. The summed E-state index contributed by atoms with van der Waals surface area (Å²) >= 11 is 1.81. The van der Waals surface area contributed by atoms with Crippen molar-refractivity contribution >= 4 is 47.2 Å². The second kappa shape index (κ2) is 14.5. The smallest absolute Gasteiger partial charge is 0.305 e. The van der Waals surface area contributed by atoms with E-state index in [1.807, 2.05) is 11.3 Å². The molecule has 1 heterocycles. The summed E-state index contributed by atoms with van der Waals surface area (Å²) in [7, 11) is 3.22. The van der Waals surface area contributed by atoms with Gasteiger partial charge in [-0.05, 0) is 36.6 Å². The van der Waals surface area contributed by atoms with Crippen molar-refractivity contribution in [2.24, 2.45) is 10.9 Å². The van der Waals surface area contributed by atoms with Crippen molar-refractivity contribution in [3.8, 4) is 0 Å². The second-order valence-electron chi connectivity index (χ2n) is 5.66. The van der Waals surface area contributed by atoms with Crippen molar-refractivity contribution in [1.82, 2.24) is 10.6 Å². The molecule has 24 heavy (non-hydrogen) atoms. The van der Waals surface area contributed by atoms with Crippen molar-refractivity contribution in [2.75, 3.05) is 27.2 Å². The predicted molar refractivity (Wildman–Crippen MR) is 112 cm³/mol. The van der Waals surface area contributed by atoms with E-state index in [1.165, 1.54) is 12.0 Å². The van der Waals surface area contributed by atoms with Gasteiger partial charge in [-0.3, -0.25) is 9.79 Å². The van der Waals surface area contributed by atoms with E-state index in [-0.39, 0.29) is 29.9 Å². The molecule has 0 spiro atoms. The van der Waals surface area contributed by atoms with Crippen LogP contribution >= 0.6 is 35.3 Å². The lowest BCUT2D eigenvalue weighted by molar-refractivity contribution is -0.140. The fourth-order valence-corrected chi connectivity index (χ4v) is 3.09. The number of nitrogens with one attached hydrogen (secondary N) is 2. The van der Waals surface area contributed by atoms with E-state index in [0.717, 1.165) is 44.7 Å². The molecule has 7 heteroatoms. The quantitative estimate of drug-likeness (QED) is 0.182. The van der Waals surface area contributed by atoms with Gasteiger partial charge in [0.2, 0.25) is 0 Å². The van der Waals surface area contributed by atoms with Gasteiger partial charge in [0, 0.05) is 31.4 Å². The molecule has 0 aromatic carbocycles. The summed E-state index contributed by atoms with van der Waals surface area (Å²) in [4.78, 5) is 16.7. The molecule has 0 aliphatic heterocycles. The molecule has 0 fully saturated rings. The Morgan fingerprint density at radius 2 is 2.12 bits per heavy atom. The Kier molecular flexibility index (Phi) is 14.0. The van der Waals surface area contributed by atoms with Gasteiger partial charge in [0.05, 0.1) is 7.11 Å². The number of methoxy groups -OCH3 is 1. The Labute approximate surface area is 166 Å². The fraction of sp³-hybridized carbons (Fsp3) is 0.647. The lowest BCUT2D eigenvalue weighted by atomic mass is 10.1. The van der Waals surface area contributed by atoms with E-state index in [9.17, 15) is 4.79 Å². The van der Waals surface area contributed by atoms with Gasteiger partial charge < -0.3 is 15.4 Å². The Bertz CT molecular complexity index is 466. The first-order valence-electron chi connectivity index (χ1n) is 8.19.